The third kappa shape index (κ3) is 2.04. The van der Waals surface area contributed by atoms with Crippen molar-refractivity contribution in [2.75, 3.05) is 0 Å². The van der Waals surface area contributed by atoms with Crippen LogP contribution < -0.4 is 10.5 Å². The van der Waals surface area contributed by atoms with E-state index in [9.17, 15) is 0 Å². The maximum Gasteiger partial charge on any atom is 0.120 e. The molecule has 0 saturated carbocycles. The highest BCUT2D eigenvalue weighted by Gasteiger charge is 2.08. The van der Waals surface area contributed by atoms with Gasteiger partial charge in [-0.05, 0) is 44.5 Å². The van der Waals surface area contributed by atoms with Gasteiger partial charge in [-0.2, -0.15) is 0 Å². The van der Waals surface area contributed by atoms with Crippen molar-refractivity contribution < 1.29 is 4.74 Å². The summed E-state index contributed by atoms with van der Waals surface area (Å²) in [6.07, 6.45) is 2.16. The number of benzene rings is 1. The summed E-state index contributed by atoms with van der Waals surface area (Å²) in [5, 5.41) is 1.15. The molecule has 3 N–H and O–H groups in total. The van der Waals surface area contributed by atoms with Crippen molar-refractivity contribution in [1.29, 1.82) is 0 Å². The summed E-state index contributed by atoms with van der Waals surface area (Å²) in [7, 11) is 0. The number of hydrogen-bond acceptors (Lipinski definition) is 2. The molecule has 2 rings (SSSR count). The van der Waals surface area contributed by atoms with Crippen LogP contribution in [0.2, 0.25) is 0 Å². The molecule has 86 valence electrons. The van der Waals surface area contributed by atoms with Gasteiger partial charge < -0.3 is 15.5 Å². The molecular weight excluding hydrogens is 200 g/mol. The second-order valence-corrected chi connectivity index (χ2v) is 4.41. The van der Waals surface area contributed by atoms with Crippen molar-refractivity contribution in [1.82, 2.24) is 4.98 Å². The van der Waals surface area contributed by atoms with Gasteiger partial charge in [-0.15, -0.1) is 0 Å². The Morgan fingerprint density at radius 1 is 1.25 bits per heavy atom. The van der Waals surface area contributed by atoms with E-state index in [4.69, 9.17) is 10.5 Å². The lowest BCUT2D eigenvalue weighted by atomic mass is 10.1. The molecule has 0 fully saturated rings. The monoisotopic (exact) mass is 218 g/mol. The topological polar surface area (TPSA) is 51.0 Å². The zero-order valence-electron chi connectivity index (χ0n) is 9.95. The lowest BCUT2D eigenvalue weighted by molar-refractivity contribution is 0.243. The first-order chi connectivity index (χ1) is 7.58. The summed E-state index contributed by atoms with van der Waals surface area (Å²) in [4.78, 5) is 3.21. The smallest absolute Gasteiger partial charge is 0.120 e. The summed E-state index contributed by atoms with van der Waals surface area (Å²) in [5.41, 5.74) is 8.14. The van der Waals surface area contributed by atoms with E-state index in [1.165, 1.54) is 0 Å². The van der Waals surface area contributed by atoms with E-state index in [1.807, 2.05) is 45.2 Å². The molecule has 0 unspecified atom stereocenters. The fraction of sp³-hybridized carbons (Fsp3) is 0.385. The van der Waals surface area contributed by atoms with Crippen LogP contribution in [0.15, 0.2) is 24.4 Å². The van der Waals surface area contributed by atoms with Crippen LogP contribution in [0.1, 0.15) is 32.4 Å². The van der Waals surface area contributed by atoms with Gasteiger partial charge in [0.05, 0.1) is 6.10 Å². The average molecular weight is 218 g/mol. The maximum atomic E-state index is 5.91. The predicted octanol–water partition coefficient (Wildman–Crippen LogP) is 2.97. The molecule has 16 heavy (non-hydrogen) atoms. The van der Waals surface area contributed by atoms with Crippen LogP contribution in [0.4, 0.5) is 0 Å². The van der Waals surface area contributed by atoms with Crippen LogP contribution >= 0.6 is 0 Å². The normalized spacial score (nSPS) is 13.3. The van der Waals surface area contributed by atoms with Crippen LogP contribution in [-0.2, 0) is 0 Å². The molecule has 1 heterocycles. The predicted molar refractivity (Wildman–Crippen MR) is 66.7 cm³/mol. The number of rotatable bonds is 3. The zero-order valence-corrected chi connectivity index (χ0v) is 9.95. The lowest BCUT2D eigenvalue weighted by Crippen LogP contribution is -2.06. The van der Waals surface area contributed by atoms with E-state index in [0.717, 1.165) is 22.2 Å². The summed E-state index contributed by atoms with van der Waals surface area (Å²) in [6, 6.07) is 6.08. The van der Waals surface area contributed by atoms with Gasteiger partial charge in [0.2, 0.25) is 0 Å². The van der Waals surface area contributed by atoms with Gasteiger partial charge in [0, 0.05) is 23.1 Å². The molecule has 2 aromatic rings. The molecule has 1 atom stereocenters. The van der Waals surface area contributed by atoms with E-state index in [0.29, 0.717) is 0 Å². The van der Waals surface area contributed by atoms with Crippen molar-refractivity contribution in [2.24, 2.45) is 5.73 Å². The molecule has 0 radical (unpaired) electrons. The molecule has 1 aromatic carbocycles. The Hall–Kier alpha value is -1.48. The molecule has 0 spiro atoms. The van der Waals surface area contributed by atoms with E-state index >= 15 is 0 Å². The first kappa shape index (κ1) is 11.0. The van der Waals surface area contributed by atoms with E-state index < -0.39 is 0 Å². The molecule has 1 aromatic heterocycles. The molecule has 0 amide bonds. The van der Waals surface area contributed by atoms with Gasteiger partial charge in [-0.25, -0.2) is 0 Å². The first-order valence-corrected chi connectivity index (χ1v) is 5.61. The maximum absolute atomic E-state index is 5.91. The number of hydrogen-bond donors (Lipinski definition) is 2. The van der Waals surface area contributed by atoms with E-state index in [2.05, 4.69) is 4.98 Å². The highest BCUT2D eigenvalue weighted by Crippen LogP contribution is 2.27. The van der Waals surface area contributed by atoms with Crippen LogP contribution in [0.25, 0.3) is 10.9 Å². The van der Waals surface area contributed by atoms with Gasteiger partial charge in [0.1, 0.15) is 5.75 Å². The van der Waals surface area contributed by atoms with Gasteiger partial charge in [0.25, 0.3) is 0 Å². The molecule has 3 heteroatoms. The lowest BCUT2D eigenvalue weighted by Gasteiger charge is -2.10. The Bertz CT molecular complexity index is 486. The Balaban J connectivity index is 2.46. The summed E-state index contributed by atoms with van der Waals surface area (Å²) in [6.45, 7) is 6.03. The van der Waals surface area contributed by atoms with Crippen LogP contribution in [0.5, 0.6) is 5.75 Å². The van der Waals surface area contributed by atoms with Gasteiger partial charge in [-0.3, -0.25) is 0 Å². The molecular formula is C13H18N2O. The summed E-state index contributed by atoms with van der Waals surface area (Å²) in [5.74, 6) is 0.893. The third-order valence-electron chi connectivity index (χ3n) is 2.55. The Morgan fingerprint density at radius 2 is 2.00 bits per heavy atom. The highest BCUT2D eigenvalue weighted by molar-refractivity contribution is 5.85. The summed E-state index contributed by atoms with van der Waals surface area (Å²) < 4.78 is 5.67. The van der Waals surface area contributed by atoms with Crippen LogP contribution in [-0.4, -0.2) is 11.1 Å². The van der Waals surface area contributed by atoms with Crippen molar-refractivity contribution >= 4 is 10.9 Å². The zero-order chi connectivity index (χ0) is 11.7. The standard InChI is InChI=1S/C13H18N2O/c1-8(2)16-10-4-5-13-11(6-10)12(7-15-13)9(3)14/h4-9,15H,14H2,1-3H3/t9-/m0/s1. The molecule has 0 bridgehead atoms. The van der Waals surface area contributed by atoms with Gasteiger partial charge in [0.15, 0.2) is 0 Å². The molecule has 0 saturated heterocycles. The fourth-order valence-electron chi connectivity index (χ4n) is 1.84. The number of fused-ring (bicyclic) bond motifs is 1. The molecule has 3 nitrogen and oxygen atoms in total. The Labute approximate surface area is 95.6 Å². The van der Waals surface area contributed by atoms with E-state index in [1.54, 1.807) is 0 Å². The number of aromatic amines is 1. The SMILES string of the molecule is CC(C)Oc1ccc2[nH]cc([C@H](C)N)c2c1. The number of aromatic nitrogens is 1. The minimum absolute atomic E-state index is 0.0306. The van der Waals surface area contributed by atoms with Crippen molar-refractivity contribution in [2.45, 2.75) is 32.9 Å². The van der Waals surface area contributed by atoms with Crippen molar-refractivity contribution in [3.63, 3.8) is 0 Å². The number of nitrogens with two attached hydrogens (primary N) is 1. The average Bonchev–Trinajstić information content (AvgIpc) is 2.59. The molecule has 0 aliphatic heterocycles. The number of ether oxygens (including phenoxy) is 1. The highest BCUT2D eigenvalue weighted by atomic mass is 16.5. The molecule has 0 aliphatic rings. The third-order valence-corrected chi connectivity index (χ3v) is 2.55. The Morgan fingerprint density at radius 3 is 2.62 bits per heavy atom. The first-order valence-electron chi connectivity index (χ1n) is 5.61. The number of nitrogens with one attached hydrogen (secondary N) is 1. The fourth-order valence-corrected chi connectivity index (χ4v) is 1.84. The quantitative estimate of drug-likeness (QED) is 0.832. The van der Waals surface area contributed by atoms with Gasteiger partial charge in [-0.1, -0.05) is 0 Å². The number of H-pyrrole nitrogens is 1. The van der Waals surface area contributed by atoms with E-state index in [-0.39, 0.29) is 12.1 Å². The van der Waals surface area contributed by atoms with Crippen LogP contribution in [0, 0.1) is 0 Å². The molecule has 0 aliphatic carbocycles. The largest absolute Gasteiger partial charge is 0.491 e. The minimum atomic E-state index is 0.0306. The van der Waals surface area contributed by atoms with Crippen molar-refractivity contribution in [3.05, 3.63) is 30.0 Å². The van der Waals surface area contributed by atoms with Gasteiger partial charge >= 0.3 is 0 Å². The Kier molecular flexibility index (Phi) is 2.88. The van der Waals surface area contributed by atoms with Crippen LogP contribution in [0.3, 0.4) is 0 Å². The second kappa shape index (κ2) is 4.18. The summed E-state index contributed by atoms with van der Waals surface area (Å²) >= 11 is 0. The van der Waals surface area contributed by atoms with Crippen molar-refractivity contribution in [3.8, 4) is 5.75 Å². The second-order valence-electron chi connectivity index (χ2n) is 4.41. The minimum Gasteiger partial charge on any atom is -0.491 e.